The van der Waals surface area contributed by atoms with E-state index in [2.05, 4.69) is 60.8 Å². The first-order valence-electron chi connectivity index (χ1n) is 9.85. The third kappa shape index (κ3) is 4.28. The quantitative estimate of drug-likeness (QED) is 0.539. The van der Waals surface area contributed by atoms with Gasteiger partial charge in [0.1, 0.15) is 0 Å². The Morgan fingerprint density at radius 3 is 2.36 bits per heavy atom. The summed E-state index contributed by atoms with van der Waals surface area (Å²) in [4.78, 5) is 0. The van der Waals surface area contributed by atoms with E-state index in [1.165, 1.54) is 38.5 Å². The fourth-order valence-corrected chi connectivity index (χ4v) is 5.27. The molecule has 0 aromatic rings. The molecule has 0 aliphatic heterocycles. The lowest BCUT2D eigenvalue weighted by Crippen LogP contribution is -2.41. The first-order chi connectivity index (χ1) is 10.2. The lowest BCUT2D eigenvalue weighted by molar-refractivity contribution is 0.0389. The molecule has 1 aliphatic carbocycles. The molecule has 0 spiro atoms. The zero-order valence-corrected chi connectivity index (χ0v) is 16.8. The number of hydrogen-bond acceptors (Lipinski definition) is 1. The van der Waals surface area contributed by atoms with Crippen LogP contribution in [0.25, 0.3) is 0 Å². The maximum atomic E-state index is 3.41. The topological polar surface area (TPSA) is 12.0 Å². The van der Waals surface area contributed by atoms with Crippen LogP contribution in [0.15, 0.2) is 0 Å². The molecule has 0 heterocycles. The summed E-state index contributed by atoms with van der Waals surface area (Å²) >= 11 is 0. The molecule has 0 radical (unpaired) electrons. The van der Waals surface area contributed by atoms with Crippen molar-refractivity contribution < 1.29 is 0 Å². The molecule has 0 amide bonds. The van der Waals surface area contributed by atoms with Crippen molar-refractivity contribution in [1.82, 2.24) is 5.32 Å². The maximum absolute atomic E-state index is 3.41. The van der Waals surface area contributed by atoms with Gasteiger partial charge in [0, 0.05) is 0 Å². The highest BCUT2D eigenvalue weighted by Gasteiger charge is 2.42. The van der Waals surface area contributed by atoms with Crippen molar-refractivity contribution in [3.63, 3.8) is 0 Å². The molecule has 1 rings (SSSR count). The first-order valence-corrected chi connectivity index (χ1v) is 9.85. The van der Waals surface area contributed by atoms with Gasteiger partial charge in [-0.15, -0.1) is 0 Å². The van der Waals surface area contributed by atoms with Crippen LogP contribution in [0.4, 0.5) is 0 Å². The Hall–Kier alpha value is -0.0400. The maximum Gasteiger partial charge on any atom is -0.00209 e. The van der Waals surface area contributed by atoms with Gasteiger partial charge in [0.2, 0.25) is 0 Å². The summed E-state index contributed by atoms with van der Waals surface area (Å²) in [5, 5.41) is 3.41. The summed E-state index contributed by atoms with van der Waals surface area (Å²) in [5.41, 5.74) is 1.04. The van der Waals surface area contributed by atoms with Crippen molar-refractivity contribution in [2.75, 3.05) is 13.6 Å². The van der Waals surface area contributed by atoms with Crippen molar-refractivity contribution in [2.45, 2.75) is 87.0 Å². The minimum Gasteiger partial charge on any atom is -0.319 e. The molecular formula is C21H43N. The fraction of sp³-hybridized carbons (Fsp3) is 1.00. The standard InChI is InChI=1S/C21H43N/c1-9-12-21(7,18(4)15-22-8)19(5)16(2)14-20(6)13-10-11-17(20)3/h16-19,22H,9-15H2,1-8H3/t16-,17?,18?,19+,20?,21?/m1/s1. The minimum atomic E-state index is 0.454. The monoisotopic (exact) mass is 309 g/mol. The third-order valence-electron chi connectivity index (χ3n) is 7.68. The van der Waals surface area contributed by atoms with Gasteiger partial charge in [-0.25, -0.2) is 0 Å². The largest absolute Gasteiger partial charge is 0.319 e. The molecule has 1 N–H and O–H groups in total. The Kier molecular flexibility index (Phi) is 7.43. The van der Waals surface area contributed by atoms with Gasteiger partial charge in [-0.3, -0.25) is 0 Å². The highest BCUT2D eigenvalue weighted by molar-refractivity contribution is 4.92. The highest BCUT2D eigenvalue weighted by Crippen LogP contribution is 2.51. The van der Waals surface area contributed by atoms with E-state index in [9.17, 15) is 0 Å². The Morgan fingerprint density at radius 1 is 1.27 bits per heavy atom. The molecule has 0 bridgehead atoms. The third-order valence-corrected chi connectivity index (χ3v) is 7.68. The van der Waals surface area contributed by atoms with Crippen LogP contribution in [-0.4, -0.2) is 13.6 Å². The van der Waals surface area contributed by atoms with Crippen LogP contribution in [0.3, 0.4) is 0 Å². The molecule has 1 fully saturated rings. The van der Waals surface area contributed by atoms with E-state index >= 15 is 0 Å². The van der Waals surface area contributed by atoms with E-state index in [1.807, 2.05) is 0 Å². The number of hydrogen-bond donors (Lipinski definition) is 1. The zero-order valence-electron chi connectivity index (χ0n) is 16.8. The molecule has 1 heteroatoms. The van der Waals surface area contributed by atoms with Crippen LogP contribution >= 0.6 is 0 Å². The average Bonchev–Trinajstić information content (AvgIpc) is 2.77. The smallest absolute Gasteiger partial charge is 0.00209 e. The minimum absolute atomic E-state index is 0.454. The lowest BCUT2D eigenvalue weighted by Gasteiger charge is -2.46. The molecule has 0 aromatic carbocycles. The highest BCUT2D eigenvalue weighted by atomic mass is 14.8. The molecular weight excluding hydrogens is 266 g/mol. The van der Waals surface area contributed by atoms with Crippen LogP contribution < -0.4 is 5.32 Å². The molecule has 22 heavy (non-hydrogen) atoms. The van der Waals surface area contributed by atoms with Gasteiger partial charge in [0.25, 0.3) is 0 Å². The van der Waals surface area contributed by atoms with E-state index < -0.39 is 0 Å². The predicted octanol–water partition coefficient (Wildman–Crippen LogP) is 6.14. The van der Waals surface area contributed by atoms with Gasteiger partial charge in [0.05, 0.1) is 0 Å². The van der Waals surface area contributed by atoms with Crippen molar-refractivity contribution in [3.8, 4) is 0 Å². The molecule has 0 saturated heterocycles. The summed E-state index contributed by atoms with van der Waals surface area (Å²) in [6.07, 6.45) is 8.41. The predicted molar refractivity (Wildman–Crippen MR) is 100 cm³/mol. The van der Waals surface area contributed by atoms with Crippen molar-refractivity contribution in [1.29, 1.82) is 0 Å². The molecule has 1 aliphatic rings. The van der Waals surface area contributed by atoms with Crippen molar-refractivity contribution in [2.24, 2.45) is 34.5 Å². The lowest BCUT2D eigenvalue weighted by atomic mass is 9.60. The van der Waals surface area contributed by atoms with Gasteiger partial charge in [-0.05, 0) is 67.4 Å². The molecule has 4 unspecified atom stereocenters. The summed E-state index contributed by atoms with van der Waals surface area (Å²) in [6, 6.07) is 0. The summed E-state index contributed by atoms with van der Waals surface area (Å²) in [7, 11) is 2.10. The normalized spacial score (nSPS) is 32.5. The molecule has 0 aromatic heterocycles. The van der Waals surface area contributed by atoms with E-state index in [-0.39, 0.29) is 0 Å². The first kappa shape index (κ1) is 20.0. The van der Waals surface area contributed by atoms with E-state index in [1.54, 1.807) is 0 Å². The van der Waals surface area contributed by atoms with E-state index in [0.29, 0.717) is 10.8 Å². The van der Waals surface area contributed by atoms with Gasteiger partial charge in [-0.1, -0.05) is 67.7 Å². The summed E-state index contributed by atoms with van der Waals surface area (Å²) < 4.78 is 0. The molecule has 132 valence electrons. The second kappa shape index (κ2) is 8.18. The molecule has 1 saturated carbocycles. The van der Waals surface area contributed by atoms with Crippen LogP contribution in [0.1, 0.15) is 87.0 Å². The van der Waals surface area contributed by atoms with E-state index in [0.717, 1.165) is 30.2 Å². The van der Waals surface area contributed by atoms with Gasteiger partial charge < -0.3 is 5.32 Å². The van der Waals surface area contributed by atoms with Crippen LogP contribution in [0, 0.1) is 34.5 Å². The molecule has 1 nitrogen and oxygen atoms in total. The second-order valence-corrected chi connectivity index (χ2v) is 9.13. The van der Waals surface area contributed by atoms with Crippen molar-refractivity contribution in [3.05, 3.63) is 0 Å². The molecule has 6 atom stereocenters. The summed E-state index contributed by atoms with van der Waals surface area (Å²) in [5.74, 6) is 3.26. The Bertz CT molecular complexity index is 326. The summed E-state index contributed by atoms with van der Waals surface area (Å²) in [6.45, 7) is 18.6. The number of nitrogens with one attached hydrogen (secondary N) is 1. The van der Waals surface area contributed by atoms with E-state index in [4.69, 9.17) is 0 Å². The van der Waals surface area contributed by atoms with Crippen LogP contribution in [-0.2, 0) is 0 Å². The zero-order chi connectivity index (χ0) is 17.0. The number of rotatable bonds is 9. The van der Waals surface area contributed by atoms with Crippen molar-refractivity contribution >= 4 is 0 Å². The Morgan fingerprint density at radius 2 is 1.91 bits per heavy atom. The van der Waals surface area contributed by atoms with Crippen LogP contribution in [0.2, 0.25) is 0 Å². The van der Waals surface area contributed by atoms with Gasteiger partial charge in [0.15, 0.2) is 0 Å². The van der Waals surface area contributed by atoms with Crippen LogP contribution in [0.5, 0.6) is 0 Å². The fourth-order valence-electron chi connectivity index (χ4n) is 5.27. The SMILES string of the molecule is CCCC(C)(C(C)CNC)[C@@H](C)[C@H](C)CC1(C)CCCC1C. The van der Waals surface area contributed by atoms with Gasteiger partial charge >= 0.3 is 0 Å². The average molecular weight is 310 g/mol. The Labute approximate surface area is 141 Å². The van der Waals surface area contributed by atoms with Gasteiger partial charge in [-0.2, -0.15) is 0 Å². The Balaban J connectivity index is 2.82. The second-order valence-electron chi connectivity index (χ2n) is 9.13.